The van der Waals surface area contributed by atoms with E-state index in [2.05, 4.69) is 46.2 Å². The molecule has 0 atom stereocenters. The second kappa shape index (κ2) is 9.51. The van der Waals surface area contributed by atoms with Gasteiger partial charge in [0.1, 0.15) is 0 Å². The Morgan fingerprint density at radius 3 is 2.64 bits per heavy atom. The number of benzene rings is 2. The molecule has 2 aromatic rings. The molecule has 6 heteroatoms. The lowest BCUT2D eigenvalue weighted by Crippen LogP contribution is -2.38. The zero-order valence-corrected chi connectivity index (χ0v) is 17.6. The molecule has 150 valence electrons. The minimum absolute atomic E-state index is 0.112. The first-order valence-electron chi connectivity index (χ1n) is 10.0. The molecule has 4 rings (SSSR count). The van der Waals surface area contributed by atoms with Crippen molar-refractivity contribution in [3.8, 4) is 0 Å². The van der Waals surface area contributed by atoms with Gasteiger partial charge in [0, 0.05) is 34.4 Å². The molecule has 1 fully saturated rings. The van der Waals surface area contributed by atoms with Gasteiger partial charge in [-0.2, -0.15) is 0 Å². The molecular formula is C22H27ClN2O2S. The van der Waals surface area contributed by atoms with Gasteiger partial charge >= 0.3 is 0 Å². The van der Waals surface area contributed by atoms with Crippen LogP contribution in [0.3, 0.4) is 0 Å². The third kappa shape index (κ3) is 4.66. The average molecular weight is 419 g/mol. The first kappa shape index (κ1) is 20.0. The predicted molar refractivity (Wildman–Crippen MR) is 116 cm³/mol. The molecular weight excluding hydrogens is 392 g/mol. The molecule has 0 unspecified atom stereocenters. The number of halogens is 1. The first-order chi connectivity index (χ1) is 13.7. The second-order valence-electron chi connectivity index (χ2n) is 7.32. The normalized spacial score (nSPS) is 17.4. The molecule has 2 heterocycles. The third-order valence-corrected chi connectivity index (χ3v) is 6.79. The van der Waals surface area contributed by atoms with Crippen LogP contribution in [-0.4, -0.2) is 55.5 Å². The van der Waals surface area contributed by atoms with E-state index in [1.165, 1.54) is 21.2 Å². The summed E-state index contributed by atoms with van der Waals surface area (Å²) in [6.45, 7) is 4.79. The summed E-state index contributed by atoms with van der Waals surface area (Å²) < 4.78 is 5.67. The zero-order valence-electron chi connectivity index (χ0n) is 16.0. The van der Waals surface area contributed by atoms with Crippen molar-refractivity contribution < 1.29 is 9.84 Å². The van der Waals surface area contributed by atoms with Gasteiger partial charge < -0.3 is 19.6 Å². The van der Waals surface area contributed by atoms with Gasteiger partial charge in [0.2, 0.25) is 0 Å². The maximum Gasteiger partial charge on any atom is 0.0701 e. The summed E-state index contributed by atoms with van der Waals surface area (Å²) in [7, 11) is 0. The molecule has 0 saturated carbocycles. The topological polar surface area (TPSA) is 35.9 Å². The molecule has 0 aromatic heterocycles. The summed E-state index contributed by atoms with van der Waals surface area (Å²) in [6, 6.07) is 14.8. The van der Waals surface area contributed by atoms with E-state index in [-0.39, 0.29) is 6.61 Å². The average Bonchev–Trinajstić information content (AvgIpc) is 2.73. The Balaban J connectivity index is 1.37. The van der Waals surface area contributed by atoms with Crippen LogP contribution in [0.2, 0.25) is 5.02 Å². The highest BCUT2D eigenvalue weighted by Crippen LogP contribution is 2.48. The standard InChI is InChI=1S/C22H27ClN2O2S/c23-17-6-7-22-20(16-17)25(19-4-1-2-5-21(19)28-22)11-3-10-24-12-8-18(9-13-24)27-15-14-26/h1-2,4-7,16,18,26H,3,8-15H2. The first-order valence-corrected chi connectivity index (χ1v) is 11.2. The maximum absolute atomic E-state index is 8.90. The fourth-order valence-corrected chi connectivity index (χ4v) is 5.26. The molecule has 1 saturated heterocycles. The maximum atomic E-state index is 8.90. The predicted octanol–water partition coefficient (Wildman–Crippen LogP) is 4.81. The van der Waals surface area contributed by atoms with Crippen LogP contribution in [0.1, 0.15) is 19.3 Å². The van der Waals surface area contributed by atoms with E-state index >= 15 is 0 Å². The minimum atomic E-state index is 0.112. The smallest absolute Gasteiger partial charge is 0.0701 e. The zero-order chi connectivity index (χ0) is 19.3. The summed E-state index contributed by atoms with van der Waals surface area (Å²) >= 11 is 8.12. The summed E-state index contributed by atoms with van der Waals surface area (Å²) in [6.07, 6.45) is 3.53. The van der Waals surface area contributed by atoms with Crippen molar-refractivity contribution in [2.75, 3.05) is 44.3 Å². The number of likely N-dealkylation sites (tertiary alicyclic amines) is 1. The Labute approximate surface area is 176 Å². The van der Waals surface area contributed by atoms with Crippen LogP contribution in [0.4, 0.5) is 11.4 Å². The van der Waals surface area contributed by atoms with Gasteiger partial charge in [-0.25, -0.2) is 0 Å². The highest BCUT2D eigenvalue weighted by molar-refractivity contribution is 7.99. The van der Waals surface area contributed by atoms with E-state index in [1.54, 1.807) is 0 Å². The number of aliphatic hydroxyl groups is 1. The van der Waals surface area contributed by atoms with E-state index in [0.717, 1.165) is 50.5 Å². The molecule has 28 heavy (non-hydrogen) atoms. The number of para-hydroxylation sites is 1. The summed E-state index contributed by atoms with van der Waals surface area (Å²) in [5.74, 6) is 0. The van der Waals surface area contributed by atoms with Gasteiger partial charge in [0.05, 0.1) is 30.7 Å². The quantitative estimate of drug-likeness (QED) is 0.698. The van der Waals surface area contributed by atoms with Crippen molar-refractivity contribution in [1.82, 2.24) is 4.90 Å². The van der Waals surface area contributed by atoms with Crippen molar-refractivity contribution >= 4 is 34.7 Å². The molecule has 2 aliphatic heterocycles. The number of rotatable bonds is 7. The van der Waals surface area contributed by atoms with Crippen LogP contribution in [0, 0.1) is 0 Å². The van der Waals surface area contributed by atoms with Crippen LogP contribution >= 0.6 is 23.4 Å². The van der Waals surface area contributed by atoms with Gasteiger partial charge in [0.15, 0.2) is 0 Å². The lowest BCUT2D eigenvalue weighted by molar-refractivity contribution is -0.00770. The Morgan fingerprint density at radius 2 is 1.82 bits per heavy atom. The molecule has 0 bridgehead atoms. The highest BCUT2D eigenvalue weighted by Gasteiger charge is 2.24. The van der Waals surface area contributed by atoms with E-state index in [0.29, 0.717) is 12.7 Å². The molecule has 0 radical (unpaired) electrons. The molecule has 0 aliphatic carbocycles. The Hall–Kier alpha value is -1.24. The van der Waals surface area contributed by atoms with Crippen LogP contribution in [0.5, 0.6) is 0 Å². The van der Waals surface area contributed by atoms with Crippen molar-refractivity contribution in [3.63, 3.8) is 0 Å². The Morgan fingerprint density at radius 1 is 1.04 bits per heavy atom. The Kier molecular flexibility index (Phi) is 6.81. The van der Waals surface area contributed by atoms with E-state index in [4.69, 9.17) is 21.4 Å². The highest BCUT2D eigenvalue weighted by atomic mass is 35.5. The number of hydrogen-bond donors (Lipinski definition) is 1. The van der Waals surface area contributed by atoms with Crippen molar-refractivity contribution in [1.29, 1.82) is 0 Å². The molecule has 2 aromatic carbocycles. The lowest BCUT2D eigenvalue weighted by Gasteiger charge is -2.35. The lowest BCUT2D eigenvalue weighted by atomic mass is 10.1. The molecule has 2 aliphatic rings. The van der Waals surface area contributed by atoms with Crippen LogP contribution in [0.25, 0.3) is 0 Å². The molecule has 1 N–H and O–H groups in total. The summed E-state index contributed by atoms with van der Waals surface area (Å²) in [4.78, 5) is 7.52. The summed E-state index contributed by atoms with van der Waals surface area (Å²) in [5.41, 5.74) is 2.49. The number of aliphatic hydroxyl groups excluding tert-OH is 1. The van der Waals surface area contributed by atoms with Gasteiger partial charge in [-0.3, -0.25) is 0 Å². The van der Waals surface area contributed by atoms with E-state index in [9.17, 15) is 0 Å². The number of piperidine rings is 1. The van der Waals surface area contributed by atoms with E-state index < -0.39 is 0 Å². The monoisotopic (exact) mass is 418 g/mol. The molecule has 0 amide bonds. The largest absolute Gasteiger partial charge is 0.394 e. The van der Waals surface area contributed by atoms with Gasteiger partial charge in [-0.15, -0.1) is 0 Å². The van der Waals surface area contributed by atoms with Crippen LogP contribution in [-0.2, 0) is 4.74 Å². The van der Waals surface area contributed by atoms with Crippen LogP contribution in [0.15, 0.2) is 52.3 Å². The van der Waals surface area contributed by atoms with Crippen molar-refractivity contribution in [2.45, 2.75) is 35.2 Å². The molecule has 4 nitrogen and oxygen atoms in total. The SMILES string of the molecule is OCCOC1CCN(CCCN2c3ccccc3Sc3ccc(Cl)cc32)CC1. The van der Waals surface area contributed by atoms with Crippen molar-refractivity contribution in [2.24, 2.45) is 0 Å². The fourth-order valence-electron chi connectivity index (χ4n) is 4.01. The minimum Gasteiger partial charge on any atom is -0.394 e. The summed E-state index contributed by atoms with van der Waals surface area (Å²) in [5, 5.41) is 9.68. The number of hydrogen-bond acceptors (Lipinski definition) is 5. The second-order valence-corrected chi connectivity index (χ2v) is 8.84. The van der Waals surface area contributed by atoms with E-state index in [1.807, 2.05) is 17.8 Å². The Bertz CT molecular complexity index is 796. The van der Waals surface area contributed by atoms with Crippen LogP contribution < -0.4 is 4.90 Å². The third-order valence-electron chi connectivity index (χ3n) is 5.42. The number of fused-ring (bicyclic) bond motifs is 2. The van der Waals surface area contributed by atoms with Gasteiger partial charge in [-0.05, 0) is 56.1 Å². The fraction of sp³-hybridized carbons (Fsp3) is 0.455. The molecule has 0 spiro atoms. The number of anilines is 2. The van der Waals surface area contributed by atoms with Gasteiger partial charge in [-0.1, -0.05) is 35.5 Å². The van der Waals surface area contributed by atoms with Gasteiger partial charge in [0.25, 0.3) is 0 Å². The van der Waals surface area contributed by atoms with Crippen molar-refractivity contribution in [3.05, 3.63) is 47.5 Å². The number of ether oxygens (including phenoxy) is 1. The number of nitrogens with zero attached hydrogens (tertiary/aromatic N) is 2.